The van der Waals surface area contributed by atoms with Crippen molar-refractivity contribution in [3.8, 4) is 0 Å². The number of hydrogen-bond acceptors (Lipinski definition) is 3. The molecule has 158 valence electrons. The van der Waals surface area contributed by atoms with Gasteiger partial charge in [-0.05, 0) is 37.7 Å². The highest BCUT2D eigenvalue weighted by Crippen LogP contribution is 2.27. The summed E-state index contributed by atoms with van der Waals surface area (Å²) in [4.78, 5) is 27.6. The maximum Gasteiger partial charge on any atom is 0.230 e. The van der Waals surface area contributed by atoms with E-state index in [0.29, 0.717) is 19.6 Å². The molecule has 1 aromatic carbocycles. The lowest BCUT2D eigenvalue weighted by atomic mass is 9.81. The molecule has 0 saturated carbocycles. The molecule has 2 amide bonds. The Labute approximate surface area is 175 Å². The first-order valence-corrected chi connectivity index (χ1v) is 10.4. The van der Waals surface area contributed by atoms with Gasteiger partial charge in [-0.2, -0.15) is 0 Å². The van der Waals surface area contributed by atoms with Crippen LogP contribution in [0.1, 0.15) is 64.4 Å². The molecule has 28 heavy (non-hydrogen) atoms. The first-order valence-electron chi connectivity index (χ1n) is 10.4. The monoisotopic (exact) mass is 409 g/mol. The number of halogens is 1. The van der Waals surface area contributed by atoms with Gasteiger partial charge in [0, 0.05) is 25.7 Å². The lowest BCUT2D eigenvalue weighted by Crippen LogP contribution is -2.52. The van der Waals surface area contributed by atoms with E-state index in [0.717, 1.165) is 37.7 Å². The molecule has 1 atom stereocenters. The number of carbonyl (C=O) groups is 2. The van der Waals surface area contributed by atoms with E-state index in [2.05, 4.69) is 12.2 Å². The molecule has 3 N–H and O–H groups in total. The molecule has 0 radical (unpaired) electrons. The van der Waals surface area contributed by atoms with Gasteiger partial charge in [0.1, 0.15) is 0 Å². The zero-order valence-electron chi connectivity index (χ0n) is 17.4. The van der Waals surface area contributed by atoms with Gasteiger partial charge in [0.05, 0.1) is 11.3 Å². The van der Waals surface area contributed by atoms with Crippen molar-refractivity contribution in [3.05, 3.63) is 35.9 Å². The SMILES string of the molecule is CCC(C(=O)N1CCC(NC(=O)C(CC)(CC)CN)CC1)c1ccccc1.Cl. The van der Waals surface area contributed by atoms with Crippen LogP contribution < -0.4 is 11.1 Å². The highest BCUT2D eigenvalue weighted by Gasteiger charge is 2.35. The Morgan fingerprint density at radius 3 is 2.18 bits per heavy atom. The van der Waals surface area contributed by atoms with Gasteiger partial charge in [-0.25, -0.2) is 0 Å². The Kier molecular flexibility index (Phi) is 9.97. The number of nitrogens with one attached hydrogen (secondary N) is 1. The zero-order chi connectivity index (χ0) is 19.9. The topological polar surface area (TPSA) is 75.4 Å². The number of carbonyl (C=O) groups excluding carboxylic acids is 2. The van der Waals surface area contributed by atoms with Crippen LogP contribution in [-0.4, -0.2) is 42.4 Å². The van der Waals surface area contributed by atoms with E-state index in [1.54, 1.807) is 0 Å². The lowest BCUT2D eigenvalue weighted by molar-refractivity contribution is -0.134. The number of piperidine rings is 1. The van der Waals surface area contributed by atoms with Crippen LogP contribution in [0.4, 0.5) is 0 Å². The Bertz CT molecular complexity index is 603. The van der Waals surface area contributed by atoms with Crippen molar-refractivity contribution in [2.75, 3.05) is 19.6 Å². The van der Waals surface area contributed by atoms with Gasteiger partial charge in [-0.1, -0.05) is 51.1 Å². The minimum Gasteiger partial charge on any atom is -0.353 e. The largest absolute Gasteiger partial charge is 0.353 e. The van der Waals surface area contributed by atoms with Crippen LogP contribution in [0.15, 0.2) is 30.3 Å². The van der Waals surface area contributed by atoms with Gasteiger partial charge >= 0.3 is 0 Å². The van der Waals surface area contributed by atoms with E-state index >= 15 is 0 Å². The van der Waals surface area contributed by atoms with Gasteiger partial charge in [0.2, 0.25) is 11.8 Å². The summed E-state index contributed by atoms with van der Waals surface area (Å²) in [7, 11) is 0. The van der Waals surface area contributed by atoms with E-state index in [1.165, 1.54) is 0 Å². The molecule has 1 unspecified atom stereocenters. The highest BCUT2D eigenvalue weighted by atomic mass is 35.5. The molecule has 1 fully saturated rings. The predicted molar refractivity (Wildman–Crippen MR) is 117 cm³/mol. The summed E-state index contributed by atoms with van der Waals surface area (Å²) >= 11 is 0. The van der Waals surface area contributed by atoms with E-state index < -0.39 is 5.41 Å². The second-order valence-corrected chi connectivity index (χ2v) is 7.64. The normalized spacial score (nSPS) is 16.2. The van der Waals surface area contributed by atoms with Crippen molar-refractivity contribution < 1.29 is 9.59 Å². The second-order valence-electron chi connectivity index (χ2n) is 7.64. The fourth-order valence-electron chi connectivity index (χ4n) is 3.99. The molecule has 5 nitrogen and oxygen atoms in total. The third-order valence-corrected chi connectivity index (χ3v) is 6.28. The molecule has 6 heteroatoms. The number of rotatable bonds is 8. The molecule has 1 aliphatic rings. The molecule has 0 spiro atoms. The summed E-state index contributed by atoms with van der Waals surface area (Å²) < 4.78 is 0. The van der Waals surface area contributed by atoms with Crippen molar-refractivity contribution >= 4 is 24.2 Å². The van der Waals surface area contributed by atoms with Crippen molar-refractivity contribution in [1.82, 2.24) is 10.2 Å². The van der Waals surface area contributed by atoms with Crippen molar-refractivity contribution in [2.45, 2.75) is 64.8 Å². The Morgan fingerprint density at radius 1 is 1.14 bits per heavy atom. The number of amides is 2. The van der Waals surface area contributed by atoms with E-state index in [1.807, 2.05) is 49.1 Å². The maximum absolute atomic E-state index is 13.0. The van der Waals surface area contributed by atoms with E-state index in [9.17, 15) is 9.59 Å². The summed E-state index contributed by atoms with van der Waals surface area (Å²) in [5.41, 5.74) is 6.50. The van der Waals surface area contributed by atoms with E-state index in [-0.39, 0.29) is 36.2 Å². The average molecular weight is 410 g/mol. The minimum absolute atomic E-state index is 0. The third-order valence-electron chi connectivity index (χ3n) is 6.28. The van der Waals surface area contributed by atoms with Crippen LogP contribution in [-0.2, 0) is 9.59 Å². The number of nitrogens with two attached hydrogens (primary N) is 1. The van der Waals surface area contributed by atoms with Gasteiger partial charge < -0.3 is 16.0 Å². The minimum atomic E-state index is -0.465. The molecule has 0 bridgehead atoms. The second kappa shape index (κ2) is 11.4. The Balaban J connectivity index is 0.00000392. The Hall–Kier alpha value is -1.59. The van der Waals surface area contributed by atoms with Crippen molar-refractivity contribution in [2.24, 2.45) is 11.1 Å². The number of nitrogens with zero attached hydrogens (tertiary/aromatic N) is 1. The van der Waals surface area contributed by atoms with Crippen LogP contribution in [0, 0.1) is 5.41 Å². The third kappa shape index (κ3) is 5.48. The quantitative estimate of drug-likeness (QED) is 0.690. The smallest absolute Gasteiger partial charge is 0.230 e. The molecular weight excluding hydrogens is 374 g/mol. The molecule has 1 saturated heterocycles. The number of hydrogen-bond donors (Lipinski definition) is 2. The molecule has 0 aromatic heterocycles. The van der Waals surface area contributed by atoms with Gasteiger partial charge in [-0.3, -0.25) is 9.59 Å². The number of likely N-dealkylation sites (tertiary alicyclic amines) is 1. The summed E-state index contributed by atoms with van der Waals surface area (Å²) in [5.74, 6) is 0.185. The average Bonchev–Trinajstić information content (AvgIpc) is 2.71. The summed E-state index contributed by atoms with van der Waals surface area (Å²) in [6.45, 7) is 7.86. The Morgan fingerprint density at radius 2 is 1.71 bits per heavy atom. The lowest BCUT2D eigenvalue weighted by Gasteiger charge is -2.37. The molecule has 1 aromatic rings. The van der Waals surface area contributed by atoms with Gasteiger partial charge in [-0.15, -0.1) is 12.4 Å². The molecule has 0 aliphatic carbocycles. The van der Waals surface area contributed by atoms with Crippen LogP contribution in [0.2, 0.25) is 0 Å². The van der Waals surface area contributed by atoms with Crippen LogP contribution >= 0.6 is 12.4 Å². The first kappa shape index (κ1) is 24.4. The fraction of sp³-hybridized carbons (Fsp3) is 0.636. The maximum atomic E-state index is 13.0. The van der Waals surface area contributed by atoms with Crippen LogP contribution in [0.3, 0.4) is 0 Å². The van der Waals surface area contributed by atoms with Crippen LogP contribution in [0.25, 0.3) is 0 Å². The molecular formula is C22H36ClN3O2. The van der Waals surface area contributed by atoms with Gasteiger partial charge in [0.15, 0.2) is 0 Å². The van der Waals surface area contributed by atoms with Crippen molar-refractivity contribution in [3.63, 3.8) is 0 Å². The summed E-state index contributed by atoms with van der Waals surface area (Å²) in [5, 5.41) is 3.19. The number of benzene rings is 1. The summed E-state index contributed by atoms with van der Waals surface area (Å²) in [6.07, 6.45) is 3.90. The molecule has 2 rings (SSSR count). The highest BCUT2D eigenvalue weighted by molar-refractivity contribution is 5.85. The summed E-state index contributed by atoms with van der Waals surface area (Å²) in [6, 6.07) is 10.1. The van der Waals surface area contributed by atoms with Crippen molar-refractivity contribution in [1.29, 1.82) is 0 Å². The van der Waals surface area contributed by atoms with Gasteiger partial charge in [0.25, 0.3) is 0 Å². The fourth-order valence-corrected chi connectivity index (χ4v) is 3.99. The first-order chi connectivity index (χ1) is 13.0. The molecule has 1 aliphatic heterocycles. The predicted octanol–water partition coefficient (Wildman–Crippen LogP) is 3.47. The molecule has 1 heterocycles. The van der Waals surface area contributed by atoms with Crippen LogP contribution in [0.5, 0.6) is 0 Å². The zero-order valence-corrected chi connectivity index (χ0v) is 18.3. The van der Waals surface area contributed by atoms with E-state index in [4.69, 9.17) is 5.73 Å². The standard InChI is InChI=1S/C22H35N3O2.ClH/c1-4-19(17-10-8-7-9-11-17)20(26)25-14-12-18(13-15-25)24-21(27)22(5-2,6-3)16-23;/h7-11,18-19H,4-6,12-16,23H2,1-3H3,(H,24,27);1H.